The molecule has 0 aliphatic carbocycles. The molecule has 1 amide bonds. The van der Waals surface area contributed by atoms with Crippen molar-refractivity contribution in [1.29, 1.82) is 0 Å². The first kappa shape index (κ1) is 22.0. The van der Waals surface area contributed by atoms with Crippen molar-refractivity contribution in [3.63, 3.8) is 0 Å². The van der Waals surface area contributed by atoms with E-state index in [1.54, 1.807) is 0 Å². The third-order valence-electron chi connectivity index (χ3n) is 5.41. The quantitative estimate of drug-likeness (QED) is 0.646. The fraction of sp³-hybridized carbons (Fsp3) is 0.409. The number of hydrogen-bond donors (Lipinski definition) is 1. The van der Waals surface area contributed by atoms with Crippen LogP contribution in [0.25, 0.3) is 0 Å². The minimum atomic E-state index is -3.38. The van der Waals surface area contributed by atoms with Gasteiger partial charge >= 0.3 is 0 Å². The predicted octanol–water partition coefficient (Wildman–Crippen LogP) is 4.26. The van der Waals surface area contributed by atoms with E-state index in [1.165, 1.54) is 4.31 Å². The monoisotopic (exact) mass is 478 g/mol. The SMILES string of the molecule is CC[C@@H](NC(=O)C1CCN(S(=O)(=O)Cc2ccc(Br)cc2)CC1)c1ccccc1. The fourth-order valence-electron chi connectivity index (χ4n) is 3.67. The molecule has 3 rings (SSSR count). The molecular weight excluding hydrogens is 452 g/mol. The van der Waals surface area contributed by atoms with Crippen molar-refractivity contribution >= 4 is 31.9 Å². The van der Waals surface area contributed by atoms with Crippen LogP contribution in [0.2, 0.25) is 0 Å². The first-order valence-corrected chi connectivity index (χ1v) is 12.4. The van der Waals surface area contributed by atoms with Crippen LogP contribution in [0.15, 0.2) is 59.1 Å². The molecule has 29 heavy (non-hydrogen) atoms. The van der Waals surface area contributed by atoms with Gasteiger partial charge in [-0.25, -0.2) is 12.7 Å². The Hall–Kier alpha value is -1.70. The molecule has 1 aliphatic rings. The molecule has 1 atom stereocenters. The lowest BCUT2D eigenvalue weighted by Gasteiger charge is -2.31. The minimum absolute atomic E-state index is 0.0109. The summed E-state index contributed by atoms with van der Waals surface area (Å²) >= 11 is 3.36. The van der Waals surface area contributed by atoms with E-state index in [0.717, 1.165) is 22.0 Å². The van der Waals surface area contributed by atoms with E-state index in [-0.39, 0.29) is 23.6 Å². The largest absolute Gasteiger partial charge is 0.349 e. The van der Waals surface area contributed by atoms with Crippen LogP contribution >= 0.6 is 15.9 Å². The number of nitrogens with one attached hydrogen (secondary N) is 1. The minimum Gasteiger partial charge on any atom is -0.349 e. The number of nitrogens with zero attached hydrogens (tertiary/aromatic N) is 1. The average molecular weight is 479 g/mol. The Morgan fingerprint density at radius 3 is 2.31 bits per heavy atom. The third kappa shape index (κ3) is 5.90. The predicted molar refractivity (Wildman–Crippen MR) is 119 cm³/mol. The van der Waals surface area contributed by atoms with Crippen molar-refractivity contribution in [2.24, 2.45) is 5.92 Å². The highest BCUT2D eigenvalue weighted by Gasteiger charge is 2.31. The number of hydrogen-bond acceptors (Lipinski definition) is 3. The molecule has 1 heterocycles. The van der Waals surface area contributed by atoms with E-state index in [4.69, 9.17) is 0 Å². The molecule has 156 valence electrons. The topological polar surface area (TPSA) is 66.5 Å². The van der Waals surface area contributed by atoms with Gasteiger partial charge in [-0.3, -0.25) is 4.79 Å². The molecule has 1 fully saturated rings. The van der Waals surface area contributed by atoms with Crippen LogP contribution in [0.1, 0.15) is 43.4 Å². The van der Waals surface area contributed by atoms with Gasteiger partial charge in [-0.2, -0.15) is 0 Å². The zero-order chi connectivity index (χ0) is 20.9. The van der Waals surface area contributed by atoms with Crippen molar-refractivity contribution in [2.45, 2.75) is 38.0 Å². The second-order valence-electron chi connectivity index (χ2n) is 7.44. The first-order chi connectivity index (χ1) is 13.9. The van der Waals surface area contributed by atoms with Crippen LogP contribution in [0.5, 0.6) is 0 Å². The van der Waals surface area contributed by atoms with Crippen LogP contribution < -0.4 is 5.32 Å². The van der Waals surface area contributed by atoms with E-state index in [0.29, 0.717) is 25.9 Å². The summed E-state index contributed by atoms with van der Waals surface area (Å²) in [6.07, 6.45) is 1.92. The van der Waals surface area contributed by atoms with E-state index < -0.39 is 10.0 Å². The van der Waals surface area contributed by atoms with Crippen LogP contribution in [0.3, 0.4) is 0 Å². The summed E-state index contributed by atoms with van der Waals surface area (Å²) in [5, 5.41) is 3.14. The van der Waals surface area contributed by atoms with Gasteiger partial charge in [-0.05, 0) is 42.5 Å². The Labute approximate surface area is 181 Å². The molecule has 0 radical (unpaired) electrons. The zero-order valence-electron chi connectivity index (χ0n) is 16.6. The maximum absolute atomic E-state index is 12.7. The van der Waals surface area contributed by atoms with Gasteiger partial charge in [0.05, 0.1) is 11.8 Å². The molecule has 0 unspecified atom stereocenters. The summed E-state index contributed by atoms with van der Waals surface area (Å²) in [6, 6.07) is 17.3. The molecule has 5 nitrogen and oxygen atoms in total. The van der Waals surface area contributed by atoms with Gasteiger partial charge < -0.3 is 5.32 Å². The Morgan fingerprint density at radius 1 is 1.10 bits per heavy atom. The molecule has 7 heteroatoms. The third-order valence-corrected chi connectivity index (χ3v) is 7.79. The van der Waals surface area contributed by atoms with Gasteiger partial charge in [0, 0.05) is 23.5 Å². The number of rotatable bonds is 7. The van der Waals surface area contributed by atoms with Gasteiger partial charge in [-0.15, -0.1) is 0 Å². The molecule has 2 aromatic carbocycles. The number of benzene rings is 2. The highest BCUT2D eigenvalue weighted by molar-refractivity contribution is 9.10. The Bertz CT molecular complexity index is 909. The van der Waals surface area contributed by atoms with Gasteiger partial charge in [-0.1, -0.05) is 65.3 Å². The molecule has 1 N–H and O–H groups in total. The maximum Gasteiger partial charge on any atom is 0.223 e. The van der Waals surface area contributed by atoms with Crippen LogP contribution in [-0.4, -0.2) is 31.7 Å². The molecule has 2 aromatic rings. The van der Waals surface area contributed by atoms with Crippen molar-refractivity contribution in [3.05, 3.63) is 70.2 Å². The van der Waals surface area contributed by atoms with Crippen LogP contribution in [0.4, 0.5) is 0 Å². The molecular formula is C22H27BrN2O3S. The fourth-order valence-corrected chi connectivity index (χ4v) is 5.50. The lowest BCUT2D eigenvalue weighted by atomic mass is 9.96. The van der Waals surface area contributed by atoms with E-state index in [1.807, 2.05) is 54.6 Å². The number of carbonyl (C=O) groups is 1. The first-order valence-electron chi connectivity index (χ1n) is 9.96. The number of piperidine rings is 1. The highest BCUT2D eigenvalue weighted by atomic mass is 79.9. The zero-order valence-corrected chi connectivity index (χ0v) is 19.0. The van der Waals surface area contributed by atoms with Gasteiger partial charge in [0.25, 0.3) is 0 Å². The lowest BCUT2D eigenvalue weighted by Crippen LogP contribution is -2.44. The second kappa shape index (κ2) is 9.87. The summed E-state index contributed by atoms with van der Waals surface area (Å²) in [4.78, 5) is 12.7. The number of sulfonamides is 1. The van der Waals surface area contributed by atoms with E-state index >= 15 is 0 Å². The normalized spacial score (nSPS) is 17.0. The summed E-state index contributed by atoms with van der Waals surface area (Å²) in [7, 11) is -3.38. The average Bonchev–Trinajstić information content (AvgIpc) is 2.74. The number of amides is 1. The van der Waals surface area contributed by atoms with E-state index in [9.17, 15) is 13.2 Å². The van der Waals surface area contributed by atoms with Gasteiger partial charge in [0.15, 0.2) is 0 Å². The Morgan fingerprint density at radius 2 is 1.72 bits per heavy atom. The smallest absolute Gasteiger partial charge is 0.223 e. The van der Waals surface area contributed by atoms with Gasteiger partial charge in [0.1, 0.15) is 0 Å². The molecule has 0 saturated carbocycles. The maximum atomic E-state index is 12.7. The lowest BCUT2D eigenvalue weighted by molar-refractivity contribution is -0.126. The summed E-state index contributed by atoms with van der Waals surface area (Å²) in [6.45, 7) is 2.83. The molecule has 1 aliphatic heterocycles. The summed E-state index contributed by atoms with van der Waals surface area (Å²) < 4.78 is 27.9. The molecule has 0 bridgehead atoms. The van der Waals surface area contributed by atoms with Crippen LogP contribution in [0, 0.1) is 5.92 Å². The standard InChI is InChI=1S/C22H27BrN2O3S/c1-2-21(18-6-4-3-5-7-18)24-22(26)19-12-14-25(15-13-19)29(27,28)16-17-8-10-20(23)11-9-17/h3-11,19,21H,2,12-16H2,1H3,(H,24,26)/t21-/m1/s1. The van der Waals surface area contributed by atoms with Gasteiger partial charge in [0.2, 0.25) is 15.9 Å². The number of carbonyl (C=O) groups excluding carboxylic acids is 1. The van der Waals surface area contributed by atoms with Crippen molar-refractivity contribution in [2.75, 3.05) is 13.1 Å². The molecule has 0 aromatic heterocycles. The van der Waals surface area contributed by atoms with Crippen LogP contribution in [-0.2, 0) is 20.6 Å². The van der Waals surface area contributed by atoms with Crippen molar-refractivity contribution in [1.82, 2.24) is 9.62 Å². The van der Waals surface area contributed by atoms with E-state index in [2.05, 4.69) is 28.2 Å². The molecule has 1 saturated heterocycles. The number of halogens is 1. The highest BCUT2D eigenvalue weighted by Crippen LogP contribution is 2.24. The van der Waals surface area contributed by atoms with Crippen molar-refractivity contribution < 1.29 is 13.2 Å². The Balaban J connectivity index is 1.55. The summed E-state index contributed by atoms with van der Waals surface area (Å²) in [5.74, 6) is -0.138. The second-order valence-corrected chi connectivity index (χ2v) is 10.3. The summed E-state index contributed by atoms with van der Waals surface area (Å²) in [5.41, 5.74) is 1.86. The molecule has 0 spiro atoms. The Kier molecular flexibility index (Phi) is 7.49. The van der Waals surface area contributed by atoms with Crippen molar-refractivity contribution in [3.8, 4) is 0 Å².